The molecule has 0 aliphatic rings. The monoisotopic (exact) mass is 249 g/mol. The molecule has 0 spiro atoms. The SMILES string of the molecule is CCOc1ccc(CCCCN)cc1C(C)(C)C. The van der Waals surface area contributed by atoms with Gasteiger partial charge in [-0.25, -0.2) is 0 Å². The quantitative estimate of drug-likeness (QED) is 0.781. The van der Waals surface area contributed by atoms with Crippen molar-refractivity contribution in [3.05, 3.63) is 29.3 Å². The van der Waals surface area contributed by atoms with Crippen LogP contribution in [0.2, 0.25) is 0 Å². The van der Waals surface area contributed by atoms with Crippen LogP contribution in [0, 0.1) is 0 Å². The molecule has 0 aliphatic carbocycles. The van der Waals surface area contributed by atoms with Crippen molar-refractivity contribution < 1.29 is 4.74 Å². The van der Waals surface area contributed by atoms with E-state index in [1.54, 1.807) is 0 Å². The zero-order valence-electron chi connectivity index (χ0n) is 12.3. The minimum Gasteiger partial charge on any atom is -0.494 e. The van der Waals surface area contributed by atoms with E-state index >= 15 is 0 Å². The van der Waals surface area contributed by atoms with Crippen molar-refractivity contribution in [2.75, 3.05) is 13.2 Å². The number of ether oxygens (including phenoxy) is 1. The predicted molar refractivity (Wildman–Crippen MR) is 78.3 cm³/mol. The summed E-state index contributed by atoms with van der Waals surface area (Å²) in [6, 6.07) is 6.58. The molecule has 0 radical (unpaired) electrons. The maximum atomic E-state index is 5.72. The average molecular weight is 249 g/mol. The third-order valence-electron chi connectivity index (χ3n) is 3.07. The van der Waals surface area contributed by atoms with Crippen molar-refractivity contribution >= 4 is 0 Å². The highest BCUT2D eigenvalue weighted by molar-refractivity contribution is 5.41. The van der Waals surface area contributed by atoms with Crippen LogP contribution in [-0.2, 0) is 11.8 Å². The van der Waals surface area contributed by atoms with Crippen molar-refractivity contribution in [1.29, 1.82) is 0 Å². The Balaban J connectivity index is 2.91. The largest absolute Gasteiger partial charge is 0.494 e. The first-order valence-electron chi connectivity index (χ1n) is 6.95. The number of aryl methyl sites for hydroxylation is 1. The first-order valence-corrected chi connectivity index (χ1v) is 6.95. The number of unbranched alkanes of at least 4 members (excludes halogenated alkanes) is 1. The molecule has 1 aromatic rings. The van der Waals surface area contributed by atoms with Crippen molar-refractivity contribution in [3.8, 4) is 5.75 Å². The Labute approximate surface area is 112 Å². The Bertz CT molecular complexity index is 366. The minimum absolute atomic E-state index is 0.119. The third-order valence-corrected chi connectivity index (χ3v) is 3.07. The van der Waals surface area contributed by atoms with Gasteiger partial charge in [0, 0.05) is 0 Å². The molecule has 0 unspecified atom stereocenters. The molecule has 0 fully saturated rings. The Kier molecular flexibility index (Phi) is 5.67. The molecule has 0 amide bonds. The Morgan fingerprint density at radius 3 is 2.44 bits per heavy atom. The fraction of sp³-hybridized carbons (Fsp3) is 0.625. The molecule has 1 rings (SSSR count). The van der Waals surface area contributed by atoms with Gasteiger partial charge >= 0.3 is 0 Å². The van der Waals surface area contributed by atoms with Crippen LogP contribution in [0.1, 0.15) is 51.7 Å². The van der Waals surface area contributed by atoms with Crippen molar-refractivity contribution in [2.24, 2.45) is 5.73 Å². The van der Waals surface area contributed by atoms with Gasteiger partial charge in [0.25, 0.3) is 0 Å². The second kappa shape index (κ2) is 6.79. The summed E-state index contributed by atoms with van der Waals surface area (Å²) in [4.78, 5) is 0. The van der Waals surface area contributed by atoms with Gasteiger partial charge in [0.15, 0.2) is 0 Å². The van der Waals surface area contributed by atoms with Crippen LogP contribution in [0.3, 0.4) is 0 Å². The average Bonchev–Trinajstić information content (AvgIpc) is 2.30. The summed E-state index contributed by atoms with van der Waals surface area (Å²) in [5.41, 5.74) is 8.34. The normalized spacial score (nSPS) is 11.6. The van der Waals surface area contributed by atoms with Crippen LogP contribution in [0.4, 0.5) is 0 Å². The number of hydrogen-bond donors (Lipinski definition) is 1. The molecule has 0 saturated carbocycles. The molecule has 0 atom stereocenters. The van der Waals surface area contributed by atoms with Crippen LogP contribution in [0.15, 0.2) is 18.2 Å². The maximum absolute atomic E-state index is 5.72. The van der Waals surface area contributed by atoms with Crippen LogP contribution in [-0.4, -0.2) is 13.2 Å². The number of benzene rings is 1. The molecule has 0 saturated heterocycles. The van der Waals surface area contributed by atoms with Crippen molar-refractivity contribution in [1.82, 2.24) is 0 Å². The smallest absolute Gasteiger partial charge is 0.123 e. The van der Waals surface area contributed by atoms with E-state index in [1.807, 2.05) is 6.92 Å². The summed E-state index contributed by atoms with van der Waals surface area (Å²) in [5.74, 6) is 1.02. The van der Waals surface area contributed by atoms with Gasteiger partial charge in [0.05, 0.1) is 6.61 Å². The van der Waals surface area contributed by atoms with Gasteiger partial charge in [-0.15, -0.1) is 0 Å². The highest BCUT2D eigenvalue weighted by Gasteiger charge is 2.19. The number of hydrogen-bond acceptors (Lipinski definition) is 2. The molecule has 1 aromatic carbocycles. The van der Waals surface area contributed by atoms with Crippen LogP contribution < -0.4 is 10.5 Å². The second-order valence-electron chi connectivity index (χ2n) is 5.76. The van der Waals surface area contributed by atoms with Crippen molar-refractivity contribution in [3.63, 3.8) is 0 Å². The Morgan fingerprint density at radius 2 is 1.89 bits per heavy atom. The van der Waals surface area contributed by atoms with E-state index in [4.69, 9.17) is 10.5 Å². The number of nitrogens with two attached hydrogens (primary N) is 1. The Morgan fingerprint density at radius 1 is 1.17 bits per heavy atom. The lowest BCUT2D eigenvalue weighted by molar-refractivity contribution is 0.329. The number of rotatable bonds is 6. The zero-order chi connectivity index (χ0) is 13.6. The molecular weight excluding hydrogens is 222 g/mol. The molecule has 0 aliphatic heterocycles. The van der Waals surface area contributed by atoms with Crippen LogP contribution in [0.5, 0.6) is 5.75 Å². The summed E-state index contributed by atoms with van der Waals surface area (Å²) in [5, 5.41) is 0. The maximum Gasteiger partial charge on any atom is 0.123 e. The van der Waals surface area contributed by atoms with Gasteiger partial charge in [0.1, 0.15) is 5.75 Å². The summed E-state index contributed by atoms with van der Waals surface area (Å²) < 4.78 is 5.72. The fourth-order valence-corrected chi connectivity index (χ4v) is 2.07. The van der Waals surface area contributed by atoms with E-state index in [9.17, 15) is 0 Å². The lowest BCUT2D eigenvalue weighted by Gasteiger charge is -2.23. The third kappa shape index (κ3) is 4.34. The van der Waals surface area contributed by atoms with Gasteiger partial charge in [-0.1, -0.05) is 32.9 Å². The van der Waals surface area contributed by atoms with E-state index < -0.39 is 0 Å². The van der Waals surface area contributed by atoms with Gasteiger partial charge in [-0.2, -0.15) is 0 Å². The second-order valence-corrected chi connectivity index (χ2v) is 5.76. The first-order chi connectivity index (χ1) is 8.49. The van der Waals surface area contributed by atoms with Gasteiger partial charge in [-0.3, -0.25) is 0 Å². The molecule has 18 heavy (non-hydrogen) atoms. The highest BCUT2D eigenvalue weighted by atomic mass is 16.5. The van der Waals surface area contributed by atoms with Gasteiger partial charge in [0.2, 0.25) is 0 Å². The zero-order valence-corrected chi connectivity index (χ0v) is 12.3. The molecule has 0 heterocycles. The molecular formula is C16H27NO. The van der Waals surface area contributed by atoms with Gasteiger partial charge < -0.3 is 10.5 Å². The van der Waals surface area contributed by atoms with E-state index in [0.717, 1.165) is 38.2 Å². The molecule has 0 aromatic heterocycles. The lowest BCUT2D eigenvalue weighted by Crippen LogP contribution is -2.14. The van der Waals surface area contributed by atoms with Crippen LogP contribution in [0.25, 0.3) is 0 Å². The standard InChI is InChI=1S/C16H27NO/c1-5-18-15-10-9-13(8-6-7-11-17)12-14(15)16(2,3)4/h9-10,12H,5-8,11,17H2,1-4H3. The van der Waals surface area contributed by atoms with Gasteiger partial charge in [-0.05, 0) is 55.3 Å². The molecule has 2 heteroatoms. The summed E-state index contributed by atoms with van der Waals surface area (Å²) in [6.07, 6.45) is 3.36. The van der Waals surface area contributed by atoms with E-state index in [2.05, 4.69) is 39.0 Å². The first kappa shape index (κ1) is 15.0. The summed E-state index contributed by atoms with van der Waals surface area (Å²) in [7, 11) is 0. The molecule has 2 nitrogen and oxygen atoms in total. The topological polar surface area (TPSA) is 35.2 Å². The highest BCUT2D eigenvalue weighted by Crippen LogP contribution is 2.32. The minimum atomic E-state index is 0.119. The van der Waals surface area contributed by atoms with E-state index in [0.29, 0.717) is 0 Å². The van der Waals surface area contributed by atoms with E-state index in [1.165, 1.54) is 11.1 Å². The van der Waals surface area contributed by atoms with E-state index in [-0.39, 0.29) is 5.41 Å². The summed E-state index contributed by atoms with van der Waals surface area (Å²) >= 11 is 0. The van der Waals surface area contributed by atoms with Crippen molar-refractivity contribution in [2.45, 2.75) is 52.4 Å². The van der Waals surface area contributed by atoms with Crippen LogP contribution >= 0.6 is 0 Å². The molecule has 2 N–H and O–H groups in total. The lowest BCUT2D eigenvalue weighted by atomic mass is 9.85. The predicted octanol–water partition coefficient (Wildman–Crippen LogP) is 3.66. The molecule has 0 bridgehead atoms. The fourth-order valence-electron chi connectivity index (χ4n) is 2.07. The summed E-state index contributed by atoms with van der Waals surface area (Å²) in [6.45, 7) is 10.2. The Hall–Kier alpha value is -1.02. The molecule has 102 valence electrons.